The predicted octanol–water partition coefficient (Wildman–Crippen LogP) is 4.69. The molecule has 9 nitrogen and oxygen atoms in total. The Labute approximate surface area is 211 Å². The number of ether oxygens (including phenoxy) is 2. The van der Waals surface area contributed by atoms with Gasteiger partial charge in [0.15, 0.2) is 0 Å². The highest BCUT2D eigenvalue weighted by atomic mass is 16.5. The Morgan fingerprint density at radius 1 is 1.28 bits per heavy atom. The summed E-state index contributed by atoms with van der Waals surface area (Å²) in [6.07, 6.45) is 10.7. The Balaban J connectivity index is 1.55. The van der Waals surface area contributed by atoms with E-state index in [9.17, 15) is 4.79 Å². The highest BCUT2D eigenvalue weighted by molar-refractivity contribution is 5.98. The number of hydrogen-bond donors (Lipinski definition) is 2. The van der Waals surface area contributed by atoms with Crippen molar-refractivity contribution in [2.75, 3.05) is 44.5 Å². The molecule has 0 radical (unpaired) electrons. The highest BCUT2D eigenvalue weighted by Crippen LogP contribution is 2.35. The van der Waals surface area contributed by atoms with Crippen LogP contribution in [0.15, 0.2) is 67.7 Å². The van der Waals surface area contributed by atoms with Crippen LogP contribution in [-0.4, -0.2) is 59.4 Å². The second-order valence-electron chi connectivity index (χ2n) is 8.72. The lowest BCUT2D eigenvalue weighted by molar-refractivity contribution is -0.111. The van der Waals surface area contributed by atoms with E-state index in [-0.39, 0.29) is 5.91 Å². The maximum Gasteiger partial charge on any atom is 0.247 e. The summed E-state index contributed by atoms with van der Waals surface area (Å²) in [5.74, 6) is 1.62. The number of amides is 1. The standard InChI is InChI=1S/C27H32N6O3/c1-4-27(34)31-21-7-5-8-23(15-21)36-25-16-26(28-18-24(25)20-9-13-35-14-10-20)30-22-17-29-33(19-22)12-6-11-32(2)3/h4-5,7-9,15-19H,1,6,10-14H2,2-3H3,(H,28,30)(H,31,34). The molecule has 0 unspecified atom stereocenters. The van der Waals surface area contributed by atoms with Crippen molar-refractivity contribution in [3.8, 4) is 11.5 Å². The van der Waals surface area contributed by atoms with Gasteiger partial charge in [0.25, 0.3) is 0 Å². The van der Waals surface area contributed by atoms with Gasteiger partial charge in [-0.3, -0.25) is 9.48 Å². The van der Waals surface area contributed by atoms with Crippen molar-refractivity contribution >= 4 is 28.7 Å². The summed E-state index contributed by atoms with van der Waals surface area (Å²) >= 11 is 0. The summed E-state index contributed by atoms with van der Waals surface area (Å²) in [4.78, 5) is 18.5. The van der Waals surface area contributed by atoms with Gasteiger partial charge in [0.1, 0.15) is 17.3 Å². The number of nitrogens with zero attached hydrogens (tertiary/aromatic N) is 4. The first-order chi connectivity index (χ1) is 17.5. The molecular formula is C27H32N6O3. The molecular weight excluding hydrogens is 456 g/mol. The average molecular weight is 489 g/mol. The van der Waals surface area contributed by atoms with Gasteiger partial charge in [-0.15, -0.1) is 0 Å². The molecule has 0 atom stereocenters. The van der Waals surface area contributed by atoms with Crippen LogP contribution in [0.25, 0.3) is 5.57 Å². The average Bonchev–Trinajstić information content (AvgIpc) is 3.31. The number of benzene rings is 1. The van der Waals surface area contributed by atoms with Crippen molar-refractivity contribution in [1.82, 2.24) is 19.7 Å². The van der Waals surface area contributed by atoms with E-state index in [1.54, 1.807) is 18.3 Å². The van der Waals surface area contributed by atoms with Crippen molar-refractivity contribution in [3.63, 3.8) is 0 Å². The largest absolute Gasteiger partial charge is 0.456 e. The third-order valence-corrected chi connectivity index (χ3v) is 5.59. The van der Waals surface area contributed by atoms with Crippen LogP contribution in [0.4, 0.5) is 17.2 Å². The van der Waals surface area contributed by atoms with E-state index in [2.05, 4.69) is 52.4 Å². The smallest absolute Gasteiger partial charge is 0.247 e. The van der Waals surface area contributed by atoms with Crippen LogP contribution in [0.5, 0.6) is 11.5 Å². The van der Waals surface area contributed by atoms with E-state index in [1.165, 1.54) is 6.08 Å². The van der Waals surface area contributed by atoms with E-state index in [0.29, 0.717) is 36.2 Å². The Hall–Kier alpha value is -3.95. The molecule has 2 aromatic heterocycles. The first-order valence-electron chi connectivity index (χ1n) is 11.9. The fourth-order valence-corrected chi connectivity index (χ4v) is 3.81. The quantitative estimate of drug-likeness (QED) is 0.378. The minimum atomic E-state index is -0.280. The molecule has 1 aromatic carbocycles. The van der Waals surface area contributed by atoms with Crippen molar-refractivity contribution in [3.05, 3.63) is 73.2 Å². The van der Waals surface area contributed by atoms with Crippen molar-refractivity contribution in [2.45, 2.75) is 19.4 Å². The molecule has 2 N–H and O–H groups in total. The Morgan fingerprint density at radius 2 is 2.17 bits per heavy atom. The summed E-state index contributed by atoms with van der Waals surface area (Å²) < 4.78 is 13.7. The number of aromatic nitrogens is 3. The number of pyridine rings is 1. The molecule has 0 saturated heterocycles. The molecule has 1 aliphatic rings. The van der Waals surface area contributed by atoms with Gasteiger partial charge in [0.05, 0.1) is 25.1 Å². The number of aryl methyl sites for hydroxylation is 1. The topological polar surface area (TPSA) is 93.5 Å². The van der Waals surface area contributed by atoms with Gasteiger partial charge in [-0.1, -0.05) is 18.7 Å². The zero-order valence-electron chi connectivity index (χ0n) is 20.7. The van der Waals surface area contributed by atoms with Crippen molar-refractivity contribution < 1.29 is 14.3 Å². The normalized spacial score (nSPS) is 13.2. The van der Waals surface area contributed by atoms with Crippen LogP contribution < -0.4 is 15.4 Å². The van der Waals surface area contributed by atoms with Gasteiger partial charge in [-0.05, 0) is 57.3 Å². The number of hydrogen-bond acceptors (Lipinski definition) is 7. The number of anilines is 3. The molecule has 36 heavy (non-hydrogen) atoms. The maximum atomic E-state index is 11.7. The van der Waals surface area contributed by atoms with Crippen LogP contribution in [-0.2, 0) is 16.1 Å². The van der Waals surface area contributed by atoms with E-state index in [4.69, 9.17) is 9.47 Å². The number of nitrogens with one attached hydrogen (secondary N) is 2. The Kier molecular flexibility index (Phi) is 8.48. The third-order valence-electron chi connectivity index (χ3n) is 5.59. The van der Waals surface area contributed by atoms with Crippen molar-refractivity contribution in [2.24, 2.45) is 0 Å². The van der Waals surface area contributed by atoms with Crippen LogP contribution >= 0.6 is 0 Å². The van der Waals surface area contributed by atoms with E-state index < -0.39 is 0 Å². The SMILES string of the molecule is C=CC(=O)Nc1cccc(Oc2cc(Nc3cnn(CCCN(C)C)c3)ncc2C2=CCOCC2)c1. The molecule has 4 rings (SSSR count). The van der Waals surface area contributed by atoms with E-state index >= 15 is 0 Å². The summed E-state index contributed by atoms with van der Waals surface area (Å²) in [5.41, 5.74) is 3.51. The lowest BCUT2D eigenvalue weighted by Gasteiger charge is -2.18. The lowest BCUT2D eigenvalue weighted by Crippen LogP contribution is -2.15. The van der Waals surface area contributed by atoms with Gasteiger partial charge in [0, 0.05) is 42.3 Å². The molecule has 3 aromatic rings. The fraction of sp³-hybridized carbons (Fsp3) is 0.296. The molecule has 0 fully saturated rings. The van der Waals surface area contributed by atoms with Gasteiger partial charge in [-0.2, -0.15) is 5.10 Å². The molecule has 1 amide bonds. The van der Waals surface area contributed by atoms with Gasteiger partial charge >= 0.3 is 0 Å². The fourth-order valence-electron chi connectivity index (χ4n) is 3.81. The molecule has 1 aliphatic heterocycles. The van der Waals surface area contributed by atoms with E-state index in [1.807, 2.05) is 35.3 Å². The predicted molar refractivity (Wildman–Crippen MR) is 142 cm³/mol. The van der Waals surface area contributed by atoms with Crippen LogP contribution in [0, 0.1) is 0 Å². The van der Waals surface area contributed by atoms with Gasteiger partial charge in [-0.25, -0.2) is 4.98 Å². The second-order valence-corrected chi connectivity index (χ2v) is 8.72. The zero-order valence-corrected chi connectivity index (χ0v) is 20.7. The number of carbonyl (C=O) groups excluding carboxylic acids is 1. The van der Waals surface area contributed by atoms with Crippen LogP contribution in [0.2, 0.25) is 0 Å². The maximum absolute atomic E-state index is 11.7. The Morgan fingerprint density at radius 3 is 2.94 bits per heavy atom. The first-order valence-corrected chi connectivity index (χ1v) is 11.9. The van der Waals surface area contributed by atoms with Crippen LogP contribution in [0.1, 0.15) is 18.4 Å². The monoisotopic (exact) mass is 488 g/mol. The summed E-state index contributed by atoms with van der Waals surface area (Å²) in [6.45, 7) is 6.56. The minimum Gasteiger partial charge on any atom is -0.456 e. The highest BCUT2D eigenvalue weighted by Gasteiger charge is 2.15. The minimum absolute atomic E-state index is 0.280. The number of carbonyl (C=O) groups is 1. The summed E-state index contributed by atoms with van der Waals surface area (Å²) in [7, 11) is 4.13. The first kappa shape index (κ1) is 25.2. The summed E-state index contributed by atoms with van der Waals surface area (Å²) in [6, 6.07) is 9.12. The molecule has 0 spiro atoms. The molecule has 0 bridgehead atoms. The third kappa shape index (κ3) is 7.03. The molecule has 3 heterocycles. The van der Waals surface area contributed by atoms with E-state index in [0.717, 1.165) is 42.8 Å². The Bertz CT molecular complexity index is 1230. The molecule has 0 aliphatic carbocycles. The molecule has 0 saturated carbocycles. The van der Waals surface area contributed by atoms with Crippen molar-refractivity contribution in [1.29, 1.82) is 0 Å². The second kappa shape index (κ2) is 12.1. The number of rotatable bonds is 11. The summed E-state index contributed by atoms with van der Waals surface area (Å²) in [5, 5.41) is 10.5. The van der Waals surface area contributed by atoms with Gasteiger partial charge < -0.3 is 25.0 Å². The molecule has 188 valence electrons. The van der Waals surface area contributed by atoms with Crippen LogP contribution in [0.3, 0.4) is 0 Å². The van der Waals surface area contributed by atoms with Gasteiger partial charge in [0.2, 0.25) is 5.91 Å². The molecule has 9 heteroatoms. The lowest BCUT2D eigenvalue weighted by atomic mass is 10.0. The zero-order chi connectivity index (χ0) is 25.3.